The maximum atomic E-state index is 13.5. The SMILES string of the molecule is CCc1sc2ncn(CC(=O)c3ccc(OC)cc3OC)c(=O)c2c1-c1ccc(Br)cc1. The zero-order chi connectivity index (χ0) is 22.8. The van der Waals surface area contributed by atoms with Gasteiger partial charge in [-0.05, 0) is 36.2 Å². The van der Waals surface area contributed by atoms with Gasteiger partial charge in [0, 0.05) is 21.0 Å². The number of ketones is 1. The van der Waals surface area contributed by atoms with E-state index in [9.17, 15) is 9.59 Å². The number of rotatable bonds is 7. The zero-order valence-electron chi connectivity index (χ0n) is 17.8. The Morgan fingerprint density at radius 2 is 1.88 bits per heavy atom. The fraction of sp³-hybridized carbons (Fsp3) is 0.208. The second-order valence-electron chi connectivity index (χ2n) is 7.11. The number of benzene rings is 2. The summed E-state index contributed by atoms with van der Waals surface area (Å²) in [7, 11) is 3.04. The van der Waals surface area contributed by atoms with Crippen molar-refractivity contribution in [2.45, 2.75) is 19.9 Å². The third-order valence-corrected chi connectivity index (χ3v) is 7.00. The van der Waals surface area contributed by atoms with Gasteiger partial charge < -0.3 is 9.47 Å². The van der Waals surface area contributed by atoms with Gasteiger partial charge in [-0.15, -0.1) is 11.3 Å². The van der Waals surface area contributed by atoms with Crippen molar-refractivity contribution >= 4 is 43.3 Å². The molecular formula is C24H21BrN2O4S. The van der Waals surface area contributed by atoms with Crippen LogP contribution in [0, 0.1) is 0 Å². The molecule has 0 atom stereocenters. The average molecular weight is 513 g/mol. The lowest BCUT2D eigenvalue weighted by molar-refractivity contribution is 0.0967. The van der Waals surface area contributed by atoms with Crippen molar-refractivity contribution in [2.24, 2.45) is 0 Å². The van der Waals surface area contributed by atoms with Crippen LogP contribution < -0.4 is 15.0 Å². The largest absolute Gasteiger partial charge is 0.497 e. The molecule has 164 valence electrons. The second-order valence-corrected chi connectivity index (χ2v) is 9.11. The normalized spacial score (nSPS) is 11.0. The molecule has 2 aromatic carbocycles. The Balaban J connectivity index is 1.79. The minimum atomic E-state index is -0.246. The van der Waals surface area contributed by atoms with Gasteiger partial charge in [0.15, 0.2) is 5.78 Å². The van der Waals surface area contributed by atoms with E-state index < -0.39 is 0 Å². The predicted molar refractivity (Wildman–Crippen MR) is 130 cm³/mol. The first-order valence-corrected chi connectivity index (χ1v) is 11.6. The fourth-order valence-corrected chi connectivity index (χ4v) is 4.98. The number of nitrogens with zero attached hydrogens (tertiary/aromatic N) is 2. The van der Waals surface area contributed by atoms with Gasteiger partial charge in [0.2, 0.25) is 0 Å². The number of fused-ring (bicyclic) bond motifs is 1. The van der Waals surface area contributed by atoms with E-state index >= 15 is 0 Å². The first-order valence-electron chi connectivity index (χ1n) is 9.98. The highest BCUT2D eigenvalue weighted by Crippen LogP contribution is 2.37. The minimum Gasteiger partial charge on any atom is -0.497 e. The molecule has 0 saturated carbocycles. The average Bonchev–Trinajstić information content (AvgIpc) is 3.20. The Labute approximate surface area is 197 Å². The molecule has 0 saturated heterocycles. The van der Waals surface area contributed by atoms with Crippen LogP contribution in [0.2, 0.25) is 0 Å². The molecule has 0 aliphatic rings. The summed E-state index contributed by atoms with van der Waals surface area (Å²) in [6, 6.07) is 12.8. The van der Waals surface area contributed by atoms with Crippen molar-refractivity contribution in [3.05, 3.63) is 74.1 Å². The molecule has 0 amide bonds. The molecule has 4 aromatic rings. The monoisotopic (exact) mass is 512 g/mol. The number of hydrogen-bond donors (Lipinski definition) is 0. The number of carbonyl (C=O) groups excluding carboxylic acids is 1. The number of ether oxygens (including phenoxy) is 2. The van der Waals surface area contributed by atoms with Crippen molar-refractivity contribution in [3.63, 3.8) is 0 Å². The van der Waals surface area contributed by atoms with Crippen LogP contribution in [0.5, 0.6) is 11.5 Å². The highest BCUT2D eigenvalue weighted by atomic mass is 79.9. The molecule has 0 unspecified atom stereocenters. The molecule has 0 N–H and O–H groups in total. The van der Waals surface area contributed by atoms with E-state index in [-0.39, 0.29) is 17.9 Å². The van der Waals surface area contributed by atoms with Crippen molar-refractivity contribution in [1.29, 1.82) is 0 Å². The maximum Gasteiger partial charge on any atom is 0.263 e. The van der Waals surface area contributed by atoms with E-state index in [1.165, 1.54) is 29.3 Å². The van der Waals surface area contributed by atoms with Crippen LogP contribution in [0.4, 0.5) is 0 Å². The Kier molecular flexibility index (Phi) is 6.43. The molecule has 2 heterocycles. The van der Waals surface area contributed by atoms with Crippen LogP contribution in [0.15, 0.2) is 58.1 Å². The summed E-state index contributed by atoms with van der Waals surface area (Å²) < 4.78 is 12.9. The number of hydrogen-bond acceptors (Lipinski definition) is 6. The molecule has 8 heteroatoms. The summed E-state index contributed by atoms with van der Waals surface area (Å²) in [6.45, 7) is 1.92. The first-order chi connectivity index (χ1) is 15.5. The van der Waals surface area contributed by atoms with E-state index in [0.717, 1.165) is 26.9 Å². The van der Waals surface area contributed by atoms with Gasteiger partial charge >= 0.3 is 0 Å². The molecule has 32 heavy (non-hydrogen) atoms. The smallest absolute Gasteiger partial charge is 0.263 e. The van der Waals surface area contributed by atoms with Gasteiger partial charge in [-0.1, -0.05) is 35.0 Å². The Hall–Kier alpha value is -2.97. The number of aryl methyl sites for hydroxylation is 1. The Morgan fingerprint density at radius 1 is 1.12 bits per heavy atom. The Morgan fingerprint density at radius 3 is 2.53 bits per heavy atom. The van der Waals surface area contributed by atoms with Crippen LogP contribution >= 0.6 is 27.3 Å². The second kappa shape index (κ2) is 9.26. The van der Waals surface area contributed by atoms with E-state index in [2.05, 4.69) is 27.8 Å². The molecule has 0 aliphatic carbocycles. The van der Waals surface area contributed by atoms with Crippen LogP contribution in [0.1, 0.15) is 22.2 Å². The van der Waals surface area contributed by atoms with Crippen LogP contribution in [0.3, 0.4) is 0 Å². The highest BCUT2D eigenvalue weighted by molar-refractivity contribution is 9.10. The quantitative estimate of drug-likeness (QED) is 0.312. The van der Waals surface area contributed by atoms with Gasteiger partial charge in [-0.25, -0.2) is 4.98 Å². The van der Waals surface area contributed by atoms with Gasteiger partial charge in [-0.2, -0.15) is 0 Å². The van der Waals surface area contributed by atoms with Crippen molar-refractivity contribution in [2.75, 3.05) is 14.2 Å². The van der Waals surface area contributed by atoms with Crippen molar-refractivity contribution in [1.82, 2.24) is 9.55 Å². The summed E-state index contributed by atoms with van der Waals surface area (Å²) >= 11 is 4.98. The number of Topliss-reactive ketones (excluding diaryl/α,β-unsaturated/α-hetero) is 1. The van der Waals surface area contributed by atoms with Gasteiger partial charge in [0.25, 0.3) is 5.56 Å². The summed E-state index contributed by atoms with van der Waals surface area (Å²) in [5.74, 6) is 0.739. The number of halogens is 1. The molecule has 0 spiro atoms. The molecule has 0 radical (unpaired) electrons. The molecule has 4 rings (SSSR count). The first kappa shape index (κ1) is 22.2. The Bertz CT molecular complexity index is 1360. The topological polar surface area (TPSA) is 70.4 Å². The van der Waals surface area contributed by atoms with Crippen LogP contribution in [-0.4, -0.2) is 29.6 Å². The number of thiophene rings is 1. The lowest BCUT2D eigenvalue weighted by Gasteiger charge is -2.11. The van der Waals surface area contributed by atoms with Gasteiger partial charge in [0.1, 0.15) is 16.3 Å². The fourth-order valence-electron chi connectivity index (χ4n) is 3.62. The summed E-state index contributed by atoms with van der Waals surface area (Å²) in [6.07, 6.45) is 2.23. The summed E-state index contributed by atoms with van der Waals surface area (Å²) in [5.41, 5.74) is 2.00. The third kappa shape index (κ3) is 4.08. The standard InChI is InChI=1S/C24H21BrN2O4S/c1-4-20-21(14-5-7-15(25)8-6-14)22-23(32-20)26-13-27(24(22)29)12-18(28)17-10-9-16(30-2)11-19(17)31-3/h5-11,13H,4,12H2,1-3H3. The van der Waals surface area contributed by atoms with E-state index in [0.29, 0.717) is 27.3 Å². The summed E-state index contributed by atoms with van der Waals surface area (Å²) in [4.78, 5) is 32.7. The molecule has 0 aliphatic heterocycles. The third-order valence-electron chi connectivity index (χ3n) is 5.23. The lowest BCUT2D eigenvalue weighted by atomic mass is 10.0. The van der Waals surface area contributed by atoms with E-state index in [1.54, 1.807) is 25.3 Å². The van der Waals surface area contributed by atoms with Gasteiger partial charge in [0.05, 0.1) is 38.0 Å². The number of carbonyl (C=O) groups is 1. The highest BCUT2D eigenvalue weighted by Gasteiger charge is 2.20. The molecule has 6 nitrogen and oxygen atoms in total. The van der Waals surface area contributed by atoms with Gasteiger partial charge in [-0.3, -0.25) is 14.2 Å². The lowest BCUT2D eigenvalue weighted by Crippen LogP contribution is -2.24. The number of aromatic nitrogens is 2. The predicted octanol–water partition coefficient (Wildman–Crippen LogP) is 5.35. The minimum absolute atomic E-state index is 0.137. The van der Waals surface area contributed by atoms with Crippen molar-refractivity contribution < 1.29 is 14.3 Å². The molecule has 0 fully saturated rings. The zero-order valence-corrected chi connectivity index (χ0v) is 20.2. The molecular weight excluding hydrogens is 492 g/mol. The maximum absolute atomic E-state index is 13.5. The summed E-state index contributed by atoms with van der Waals surface area (Å²) in [5, 5.41) is 0.547. The molecule has 2 aromatic heterocycles. The van der Waals surface area contributed by atoms with E-state index in [4.69, 9.17) is 9.47 Å². The van der Waals surface area contributed by atoms with Crippen LogP contribution in [0.25, 0.3) is 21.3 Å². The van der Waals surface area contributed by atoms with Crippen molar-refractivity contribution in [3.8, 4) is 22.6 Å². The number of methoxy groups -OCH3 is 2. The molecule has 0 bridgehead atoms. The van der Waals surface area contributed by atoms with E-state index in [1.807, 2.05) is 24.3 Å². The van der Waals surface area contributed by atoms with Crippen LogP contribution in [-0.2, 0) is 13.0 Å².